The van der Waals surface area contributed by atoms with E-state index >= 15 is 0 Å². The van der Waals surface area contributed by atoms with Crippen LogP contribution in [0.4, 0.5) is 5.69 Å². The molecule has 0 saturated carbocycles. The maximum Gasteiger partial charge on any atom is 0.251 e. The summed E-state index contributed by atoms with van der Waals surface area (Å²) < 4.78 is 5.27. The van der Waals surface area contributed by atoms with Crippen LogP contribution in [0, 0.1) is 0 Å². The first kappa shape index (κ1) is 19.2. The third kappa shape index (κ3) is 4.80. The molecule has 0 aliphatic carbocycles. The van der Waals surface area contributed by atoms with E-state index in [1.165, 1.54) is 18.4 Å². The number of rotatable bonds is 7. The second-order valence-electron chi connectivity index (χ2n) is 7.19. The van der Waals surface area contributed by atoms with E-state index in [1.54, 1.807) is 7.11 Å². The molecule has 1 saturated heterocycles. The molecule has 5 heteroatoms. The van der Waals surface area contributed by atoms with Crippen molar-refractivity contribution >= 4 is 11.6 Å². The number of nitrogens with zero attached hydrogens (tertiary/aromatic N) is 2. The maximum absolute atomic E-state index is 12.7. The standard InChI is InChI=1S/C22H29N3O2/c1-24(2)19-8-6-7-18(15-19)22(26)23-16-21(25-13-4-5-14-25)17-9-11-20(27-3)12-10-17/h6-12,15,21H,4-5,13-14,16H2,1-3H3,(H,23,26)/t21-/m1/s1. The van der Waals surface area contributed by atoms with Crippen LogP contribution in [0.3, 0.4) is 0 Å². The van der Waals surface area contributed by atoms with Crippen LogP contribution in [-0.2, 0) is 0 Å². The molecule has 0 radical (unpaired) electrons. The zero-order chi connectivity index (χ0) is 19.2. The fourth-order valence-corrected chi connectivity index (χ4v) is 3.55. The summed E-state index contributed by atoms with van der Waals surface area (Å²) in [5, 5.41) is 3.14. The van der Waals surface area contributed by atoms with Crippen LogP contribution in [0.1, 0.15) is 34.8 Å². The number of amides is 1. The number of anilines is 1. The summed E-state index contributed by atoms with van der Waals surface area (Å²) in [6, 6.07) is 16.1. The van der Waals surface area contributed by atoms with Gasteiger partial charge in [-0.25, -0.2) is 0 Å². The summed E-state index contributed by atoms with van der Waals surface area (Å²) >= 11 is 0. The van der Waals surface area contributed by atoms with Gasteiger partial charge >= 0.3 is 0 Å². The summed E-state index contributed by atoms with van der Waals surface area (Å²) in [5.74, 6) is 0.819. The molecule has 1 N–H and O–H groups in total. The lowest BCUT2D eigenvalue weighted by Gasteiger charge is -2.28. The molecular formula is C22H29N3O2. The number of likely N-dealkylation sites (tertiary alicyclic amines) is 1. The predicted molar refractivity (Wildman–Crippen MR) is 110 cm³/mol. The molecule has 1 aliphatic rings. The van der Waals surface area contributed by atoms with Crippen molar-refractivity contribution in [1.29, 1.82) is 0 Å². The molecule has 1 aliphatic heterocycles. The van der Waals surface area contributed by atoms with Gasteiger partial charge in [-0.1, -0.05) is 18.2 Å². The minimum Gasteiger partial charge on any atom is -0.497 e. The first-order valence-electron chi connectivity index (χ1n) is 9.52. The number of methoxy groups -OCH3 is 1. The fraction of sp³-hybridized carbons (Fsp3) is 0.409. The van der Waals surface area contributed by atoms with Gasteiger partial charge in [-0.2, -0.15) is 0 Å². The highest BCUT2D eigenvalue weighted by Gasteiger charge is 2.24. The molecule has 2 aromatic rings. The van der Waals surface area contributed by atoms with Gasteiger partial charge in [-0.15, -0.1) is 0 Å². The summed E-state index contributed by atoms with van der Waals surface area (Å²) in [7, 11) is 5.63. The molecule has 2 aromatic carbocycles. The highest BCUT2D eigenvalue weighted by atomic mass is 16.5. The van der Waals surface area contributed by atoms with Crippen molar-refractivity contribution in [3.8, 4) is 5.75 Å². The lowest BCUT2D eigenvalue weighted by molar-refractivity contribution is 0.0938. The van der Waals surface area contributed by atoms with Crippen LogP contribution in [0.15, 0.2) is 48.5 Å². The number of nitrogens with one attached hydrogen (secondary N) is 1. The number of carbonyl (C=O) groups is 1. The second kappa shape index (κ2) is 8.91. The van der Waals surface area contributed by atoms with E-state index in [1.807, 2.05) is 55.4 Å². The molecule has 0 aromatic heterocycles. The van der Waals surface area contributed by atoms with Crippen molar-refractivity contribution in [3.63, 3.8) is 0 Å². The fourth-order valence-electron chi connectivity index (χ4n) is 3.55. The van der Waals surface area contributed by atoms with E-state index in [9.17, 15) is 4.79 Å². The maximum atomic E-state index is 12.7. The molecule has 1 fully saturated rings. The number of hydrogen-bond donors (Lipinski definition) is 1. The molecule has 1 heterocycles. The number of hydrogen-bond acceptors (Lipinski definition) is 4. The average molecular weight is 367 g/mol. The SMILES string of the molecule is COc1ccc([C@@H](CNC(=O)c2cccc(N(C)C)c2)N2CCCC2)cc1. The van der Waals surface area contributed by atoms with Crippen LogP contribution in [-0.4, -0.2) is 51.6 Å². The van der Waals surface area contributed by atoms with Crippen molar-refractivity contribution in [1.82, 2.24) is 10.2 Å². The Kier molecular flexibility index (Phi) is 6.35. The van der Waals surface area contributed by atoms with E-state index in [0.717, 1.165) is 24.5 Å². The molecule has 1 atom stereocenters. The van der Waals surface area contributed by atoms with Gasteiger partial charge in [-0.05, 0) is 61.8 Å². The van der Waals surface area contributed by atoms with Crippen LogP contribution in [0.2, 0.25) is 0 Å². The molecule has 5 nitrogen and oxygen atoms in total. The van der Waals surface area contributed by atoms with Crippen molar-refractivity contribution in [3.05, 3.63) is 59.7 Å². The van der Waals surface area contributed by atoms with Gasteiger partial charge in [0.05, 0.1) is 13.2 Å². The zero-order valence-electron chi connectivity index (χ0n) is 16.4. The lowest BCUT2D eigenvalue weighted by atomic mass is 10.0. The van der Waals surface area contributed by atoms with E-state index in [4.69, 9.17) is 4.74 Å². The summed E-state index contributed by atoms with van der Waals surface area (Å²) in [6.45, 7) is 2.74. The van der Waals surface area contributed by atoms with Crippen LogP contribution in [0.5, 0.6) is 5.75 Å². The predicted octanol–water partition coefficient (Wildman–Crippen LogP) is 3.33. The van der Waals surface area contributed by atoms with Crippen LogP contribution < -0.4 is 15.0 Å². The minimum absolute atomic E-state index is 0.0311. The molecule has 0 spiro atoms. The summed E-state index contributed by atoms with van der Waals surface area (Å²) in [4.78, 5) is 17.2. The molecule has 144 valence electrons. The largest absolute Gasteiger partial charge is 0.497 e. The number of ether oxygens (including phenoxy) is 1. The molecule has 27 heavy (non-hydrogen) atoms. The smallest absolute Gasteiger partial charge is 0.251 e. The van der Waals surface area contributed by atoms with Gasteiger partial charge in [-0.3, -0.25) is 9.69 Å². The molecule has 0 unspecified atom stereocenters. The van der Waals surface area contributed by atoms with Gasteiger partial charge in [0.2, 0.25) is 0 Å². The minimum atomic E-state index is -0.0311. The highest BCUT2D eigenvalue weighted by Crippen LogP contribution is 2.26. The lowest BCUT2D eigenvalue weighted by Crippen LogP contribution is -2.36. The molecular weight excluding hydrogens is 338 g/mol. The van der Waals surface area contributed by atoms with Crippen molar-refractivity contribution < 1.29 is 9.53 Å². The van der Waals surface area contributed by atoms with Crippen molar-refractivity contribution in [2.45, 2.75) is 18.9 Å². The van der Waals surface area contributed by atoms with E-state index in [-0.39, 0.29) is 11.9 Å². The Labute approximate surface area is 161 Å². The summed E-state index contributed by atoms with van der Waals surface area (Å²) in [6.07, 6.45) is 2.43. The van der Waals surface area contributed by atoms with E-state index in [0.29, 0.717) is 12.1 Å². The van der Waals surface area contributed by atoms with Gasteiger partial charge in [0.1, 0.15) is 5.75 Å². The van der Waals surface area contributed by atoms with Gasteiger partial charge in [0.15, 0.2) is 0 Å². The molecule has 1 amide bonds. The van der Waals surface area contributed by atoms with Crippen LogP contribution in [0.25, 0.3) is 0 Å². The first-order valence-corrected chi connectivity index (χ1v) is 9.52. The Morgan fingerprint density at radius 3 is 2.48 bits per heavy atom. The van der Waals surface area contributed by atoms with Crippen molar-refractivity contribution in [2.24, 2.45) is 0 Å². The molecule has 3 rings (SSSR count). The van der Waals surface area contributed by atoms with Gasteiger partial charge < -0.3 is 15.0 Å². The quantitative estimate of drug-likeness (QED) is 0.815. The number of carbonyl (C=O) groups excluding carboxylic acids is 1. The highest BCUT2D eigenvalue weighted by molar-refractivity contribution is 5.95. The Hall–Kier alpha value is -2.53. The van der Waals surface area contributed by atoms with Gasteiger partial charge in [0.25, 0.3) is 5.91 Å². The normalized spacial score (nSPS) is 15.4. The van der Waals surface area contributed by atoms with E-state index < -0.39 is 0 Å². The average Bonchev–Trinajstić information content (AvgIpc) is 3.23. The third-order valence-electron chi connectivity index (χ3n) is 5.16. The van der Waals surface area contributed by atoms with E-state index in [2.05, 4.69) is 22.3 Å². The summed E-state index contributed by atoms with van der Waals surface area (Å²) in [5.41, 5.74) is 2.92. The monoisotopic (exact) mass is 367 g/mol. The number of benzene rings is 2. The van der Waals surface area contributed by atoms with Crippen molar-refractivity contribution in [2.75, 3.05) is 45.7 Å². The third-order valence-corrected chi connectivity index (χ3v) is 5.16. The Morgan fingerprint density at radius 1 is 1.15 bits per heavy atom. The Bertz CT molecular complexity index is 752. The van der Waals surface area contributed by atoms with Crippen LogP contribution >= 0.6 is 0 Å². The Balaban J connectivity index is 1.72. The topological polar surface area (TPSA) is 44.8 Å². The zero-order valence-corrected chi connectivity index (χ0v) is 16.4. The molecule has 0 bridgehead atoms. The van der Waals surface area contributed by atoms with Gasteiger partial charge in [0, 0.05) is 31.9 Å². The Morgan fingerprint density at radius 2 is 1.85 bits per heavy atom. The first-order chi connectivity index (χ1) is 13.1. The second-order valence-corrected chi connectivity index (χ2v) is 7.19.